The maximum absolute atomic E-state index is 13.4. The summed E-state index contributed by atoms with van der Waals surface area (Å²) in [6.45, 7) is 2.04. The first-order chi connectivity index (χ1) is 10.1. The lowest BCUT2D eigenvalue weighted by atomic mass is 10.1. The van der Waals surface area contributed by atoms with Gasteiger partial charge in [-0.1, -0.05) is 19.1 Å². The highest BCUT2D eigenvalue weighted by Gasteiger charge is 2.03. The Morgan fingerprint density at radius 2 is 1.95 bits per heavy atom. The number of hydrogen-bond acceptors (Lipinski definition) is 1. The lowest BCUT2D eigenvalue weighted by Gasteiger charge is -2.07. The highest BCUT2D eigenvalue weighted by Crippen LogP contribution is 2.12. The van der Waals surface area contributed by atoms with E-state index in [9.17, 15) is 8.78 Å². The van der Waals surface area contributed by atoms with Gasteiger partial charge in [0.05, 0.1) is 6.54 Å². The average Bonchev–Trinajstić information content (AvgIpc) is 2.48. The van der Waals surface area contributed by atoms with Crippen molar-refractivity contribution >= 4 is 35.6 Å². The molecule has 0 heterocycles. The predicted octanol–water partition coefficient (Wildman–Crippen LogP) is 4.07. The number of hydrogen-bond donors (Lipinski definition) is 2. The average molecular weight is 417 g/mol. The molecule has 0 bridgehead atoms. The van der Waals surface area contributed by atoms with Crippen molar-refractivity contribution in [2.24, 2.45) is 10.7 Å². The molecule has 0 aromatic heterocycles. The summed E-state index contributed by atoms with van der Waals surface area (Å²) in [4.78, 5) is 4.02. The molecule has 0 aliphatic carbocycles. The molecule has 0 saturated heterocycles. The lowest BCUT2D eigenvalue weighted by molar-refractivity contribution is 0.586. The summed E-state index contributed by atoms with van der Waals surface area (Å²) in [6, 6.07) is 11.0. The third-order valence-electron chi connectivity index (χ3n) is 3.04. The summed E-state index contributed by atoms with van der Waals surface area (Å²) in [5, 5.41) is 2.93. The minimum atomic E-state index is -0.499. The van der Waals surface area contributed by atoms with Gasteiger partial charge in [0.1, 0.15) is 11.6 Å². The third kappa shape index (κ3) is 5.25. The molecule has 3 nitrogen and oxygen atoms in total. The molecule has 2 aromatic rings. The van der Waals surface area contributed by atoms with E-state index in [-0.39, 0.29) is 42.0 Å². The summed E-state index contributed by atoms with van der Waals surface area (Å²) < 4.78 is 26.5. The van der Waals surface area contributed by atoms with Crippen LogP contribution in [0, 0.1) is 11.6 Å². The second kappa shape index (κ2) is 8.67. The van der Waals surface area contributed by atoms with Crippen LogP contribution in [0.1, 0.15) is 18.1 Å². The molecule has 118 valence electrons. The maximum atomic E-state index is 13.4. The zero-order valence-electron chi connectivity index (χ0n) is 12.1. The fraction of sp³-hybridized carbons (Fsp3) is 0.188. The fourth-order valence-electron chi connectivity index (χ4n) is 1.89. The summed E-state index contributed by atoms with van der Waals surface area (Å²) in [5.41, 5.74) is 7.91. The highest BCUT2D eigenvalue weighted by atomic mass is 127. The number of aliphatic imine (C=N–C) groups is 1. The highest BCUT2D eigenvalue weighted by molar-refractivity contribution is 14.0. The summed E-state index contributed by atoms with van der Waals surface area (Å²) in [6.07, 6.45) is 0.918. The van der Waals surface area contributed by atoms with Gasteiger partial charge in [0.15, 0.2) is 5.96 Å². The van der Waals surface area contributed by atoms with E-state index in [4.69, 9.17) is 5.73 Å². The van der Waals surface area contributed by atoms with Crippen LogP contribution in [-0.2, 0) is 13.0 Å². The van der Waals surface area contributed by atoms with E-state index in [0.29, 0.717) is 0 Å². The largest absolute Gasteiger partial charge is 0.370 e. The van der Waals surface area contributed by atoms with Crippen molar-refractivity contribution in [1.82, 2.24) is 0 Å². The van der Waals surface area contributed by atoms with Crippen LogP contribution in [0.5, 0.6) is 0 Å². The van der Waals surface area contributed by atoms with Crippen molar-refractivity contribution < 1.29 is 8.78 Å². The van der Waals surface area contributed by atoms with Gasteiger partial charge in [0.2, 0.25) is 0 Å². The quantitative estimate of drug-likeness (QED) is 0.448. The van der Waals surface area contributed by atoms with Gasteiger partial charge in [-0.2, -0.15) is 0 Å². The molecule has 0 unspecified atom stereocenters. The van der Waals surface area contributed by atoms with Crippen molar-refractivity contribution in [2.45, 2.75) is 19.9 Å². The number of guanidine groups is 1. The van der Waals surface area contributed by atoms with E-state index in [1.165, 1.54) is 5.56 Å². The van der Waals surface area contributed by atoms with Crippen molar-refractivity contribution in [3.8, 4) is 0 Å². The van der Waals surface area contributed by atoms with E-state index in [1.54, 1.807) is 0 Å². The molecule has 0 saturated carbocycles. The number of nitrogens with two attached hydrogens (primary N) is 1. The molecule has 0 radical (unpaired) electrons. The van der Waals surface area contributed by atoms with Gasteiger partial charge in [-0.15, -0.1) is 24.0 Å². The number of halogens is 3. The molecule has 3 N–H and O–H groups in total. The molecule has 6 heteroatoms. The van der Waals surface area contributed by atoms with Gasteiger partial charge >= 0.3 is 0 Å². The normalized spacial score (nSPS) is 11.0. The minimum absolute atomic E-state index is 0. The Balaban J connectivity index is 0.00000242. The van der Waals surface area contributed by atoms with Crippen molar-refractivity contribution in [3.05, 3.63) is 65.2 Å². The van der Waals surface area contributed by atoms with Gasteiger partial charge < -0.3 is 11.1 Å². The Labute approximate surface area is 145 Å². The van der Waals surface area contributed by atoms with Gasteiger partial charge in [0.25, 0.3) is 0 Å². The number of aryl methyl sites for hydroxylation is 1. The maximum Gasteiger partial charge on any atom is 0.193 e. The van der Waals surface area contributed by atoms with Crippen LogP contribution >= 0.6 is 24.0 Å². The van der Waals surface area contributed by atoms with E-state index < -0.39 is 11.6 Å². The van der Waals surface area contributed by atoms with Crippen LogP contribution in [0.15, 0.2) is 47.5 Å². The number of anilines is 1. The molecule has 22 heavy (non-hydrogen) atoms. The first-order valence-electron chi connectivity index (χ1n) is 6.68. The summed E-state index contributed by atoms with van der Waals surface area (Å²) >= 11 is 0. The Morgan fingerprint density at radius 1 is 1.18 bits per heavy atom. The van der Waals surface area contributed by atoms with Crippen molar-refractivity contribution in [1.29, 1.82) is 0 Å². The van der Waals surface area contributed by atoms with Crippen LogP contribution in [0.25, 0.3) is 0 Å². The van der Waals surface area contributed by atoms with E-state index in [1.807, 2.05) is 24.3 Å². The predicted molar refractivity (Wildman–Crippen MR) is 96.5 cm³/mol. The molecule has 0 atom stereocenters. The first kappa shape index (κ1) is 18.3. The molecule has 0 fully saturated rings. The molecule has 0 amide bonds. The smallest absolute Gasteiger partial charge is 0.193 e. The van der Waals surface area contributed by atoms with Crippen LogP contribution in [0.4, 0.5) is 14.5 Å². The lowest BCUT2D eigenvalue weighted by Crippen LogP contribution is -2.22. The number of benzene rings is 2. The minimum Gasteiger partial charge on any atom is -0.370 e. The molecule has 2 aromatic carbocycles. The van der Waals surface area contributed by atoms with Gasteiger partial charge in [-0.25, -0.2) is 13.8 Å². The van der Waals surface area contributed by atoms with Crippen molar-refractivity contribution in [2.75, 3.05) is 5.32 Å². The fourth-order valence-corrected chi connectivity index (χ4v) is 1.89. The van der Waals surface area contributed by atoms with Crippen LogP contribution in [-0.4, -0.2) is 5.96 Å². The molecular weight excluding hydrogens is 399 g/mol. The van der Waals surface area contributed by atoms with Crippen LogP contribution in [0.3, 0.4) is 0 Å². The van der Waals surface area contributed by atoms with Gasteiger partial charge in [-0.3, -0.25) is 0 Å². The molecule has 2 rings (SSSR count). The van der Waals surface area contributed by atoms with Crippen LogP contribution < -0.4 is 11.1 Å². The Morgan fingerprint density at radius 3 is 2.68 bits per heavy atom. The SMILES string of the molecule is CCc1cccc(NC(N)=NCc2cc(F)ccc2F)c1.I. The number of rotatable bonds is 4. The first-order valence-corrected chi connectivity index (χ1v) is 6.68. The Hall–Kier alpha value is -1.70. The molecule has 0 spiro atoms. The van der Waals surface area contributed by atoms with E-state index >= 15 is 0 Å². The topological polar surface area (TPSA) is 50.4 Å². The molecule has 0 aliphatic rings. The van der Waals surface area contributed by atoms with E-state index in [2.05, 4.69) is 17.2 Å². The standard InChI is InChI=1S/C16H17F2N3.HI/c1-2-11-4-3-5-14(8-11)21-16(19)20-10-12-9-13(17)6-7-15(12)18;/h3-9H,2,10H2,1H3,(H3,19,20,21);1H. The van der Waals surface area contributed by atoms with Crippen LogP contribution in [0.2, 0.25) is 0 Å². The third-order valence-corrected chi connectivity index (χ3v) is 3.04. The monoisotopic (exact) mass is 417 g/mol. The Kier molecular flexibility index (Phi) is 7.23. The summed E-state index contributed by atoms with van der Waals surface area (Å²) in [5.74, 6) is -0.836. The Bertz CT molecular complexity index is 660. The second-order valence-electron chi connectivity index (χ2n) is 4.62. The zero-order valence-corrected chi connectivity index (χ0v) is 14.5. The number of nitrogens with one attached hydrogen (secondary N) is 1. The molecule has 0 aliphatic heterocycles. The summed E-state index contributed by atoms with van der Waals surface area (Å²) in [7, 11) is 0. The number of nitrogens with zero attached hydrogens (tertiary/aromatic N) is 1. The second-order valence-corrected chi connectivity index (χ2v) is 4.62. The van der Waals surface area contributed by atoms with Crippen molar-refractivity contribution in [3.63, 3.8) is 0 Å². The van der Waals surface area contributed by atoms with E-state index in [0.717, 1.165) is 30.3 Å². The molecular formula is C16H18F2IN3. The van der Waals surface area contributed by atoms with Gasteiger partial charge in [-0.05, 0) is 42.3 Å². The zero-order chi connectivity index (χ0) is 15.2. The van der Waals surface area contributed by atoms with Gasteiger partial charge in [0, 0.05) is 11.3 Å².